The van der Waals surface area contributed by atoms with Gasteiger partial charge in [0.2, 0.25) is 0 Å². The Morgan fingerprint density at radius 3 is 3.05 bits per heavy atom. The Hall–Kier alpha value is -1.50. The summed E-state index contributed by atoms with van der Waals surface area (Å²) in [5.41, 5.74) is -0.521. The molecule has 1 amide bonds. The number of nitrogens with zero attached hydrogens (tertiary/aromatic N) is 2. The van der Waals surface area contributed by atoms with Gasteiger partial charge in [0.15, 0.2) is 0 Å². The third-order valence-electron chi connectivity index (χ3n) is 3.10. The maximum absolute atomic E-state index is 12.8. The van der Waals surface area contributed by atoms with E-state index in [2.05, 4.69) is 10.4 Å². The van der Waals surface area contributed by atoms with Crippen LogP contribution in [0, 0.1) is 0 Å². The summed E-state index contributed by atoms with van der Waals surface area (Å²) in [6, 6.07) is -0.0271. The molecule has 106 valence electrons. The molecule has 1 aromatic rings. The van der Waals surface area contributed by atoms with E-state index in [4.69, 9.17) is 4.74 Å². The number of amides is 1. The minimum Gasteiger partial charge on any atom is -0.381 e. The fourth-order valence-electron chi connectivity index (χ4n) is 2.15. The molecule has 0 aromatic carbocycles. The van der Waals surface area contributed by atoms with Gasteiger partial charge in [0.05, 0.1) is 5.56 Å². The summed E-state index contributed by atoms with van der Waals surface area (Å²) in [4.78, 5) is 12.0. The fourth-order valence-corrected chi connectivity index (χ4v) is 2.15. The van der Waals surface area contributed by atoms with Crippen molar-refractivity contribution < 1.29 is 18.3 Å². The number of hydrogen-bond acceptors (Lipinski definition) is 3. The molecule has 0 aliphatic carbocycles. The second-order valence-corrected chi connectivity index (χ2v) is 4.62. The average Bonchev–Trinajstić information content (AvgIpc) is 2.58. The quantitative estimate of drug-likeness (QED) is 0.911. The highest BCUT2D eigenvalue weighted by Gasteiger charge is 2.24. The van der Waals surface area contributed by atoms with Crippen LogP contribution in [0.5, 0.6) is 0 Å². The second kappa shape index (κ2) is 6.10. The van der Waals surface area contributed by atoms with Crippen LogP contribution in [0.15, 0.2) is 6.20 Å². The van der Waals surface area contributed by atoms with E-state index < -0.39 is 18.0 Å². The molecule has 2 rings (SSSR count). The zero-order chi connectivity index (χ0) is 13.8. The predicted molar refractivity (Wildman–Crippen MR) is 64.1 cm³/mol. The van der Waals surface area contributed by atoms with Crippen LogP contribution in [-0.2, 0) is 11.8 Å². The number of carbonyl (C=O) groups excluding carboxylic acids is 1. The van der Waals surface area contributed by atoms with Crippen LogP contribution >= 0.6 is 0 Å². The van der Waals surface area contributed by atoms with E-state index in [-0.39, 0.29) is 11.6 Å². The van der Waals surface area contributed by atoms with E-state index in [0.717, 1.165) is 12.8 Å². The monoisotopic (exact) mass is 273 g/mol. The minimum absolute atomic E-state index is 0.0271. The average molecular weight is 273 g/mol. The molecule has 7 heteroatoms. The van der Waals surface area contributed by atoms with Gasteiger partial charge < -0.3 is 10.1 Å². The largest absolute Gasteiger partial charge is 0.381 e. The van der Waals surface area contributed by atoms with Crippen molar-refractivity contribution in [3.8, 4) is 0 Å². The summed E-state index contributed by atoms with van der Waals surface area (Å²) in [6.07, 6.45) is 0.940. The molecule has 1 atom stereocenters. The van der Waals surface area contributed by atoms with Gasteiger partial charge in [0, 0.05) is 32.5 Å². The van der Waals surface area contributed by atoms with E-state index in [1.807, 2.05) is 0 Å². The maximum Gasteiger partial charge on any atom is 0.282 e. The van der Waals surface area contributed by atoms with Crippen LogP contribution in [0.25, 0.3) is 0 Å². The first-order valence-corrected chi connectivity index (χ1v) is 6.28. The molecular weight excluding hydrogens is 256 g/mol. The Kier molecular flexibility index (Phi) is 4.47. The molecule has 2 heterocycles. The number of alkyl halides is 2. The zero-order valence-corrected chi connectivity index (χ0v) is 10.7. The molecule has 0 spiro atoms. The molecule has 1 aromatic heterocycles. The Morgan fingerprint density at radius 2 is 2.32 bits per heavy atom. The molecule has 0 saturated carbocycles. The smallest absolute Gasteiger partial charge is 0.282 e. The number of nitrogens with one attached hydrogen (secondary N) is 1. The topological polar surface area (TPSA) is 56.2 Å². The van der Waals surface area contributed by atoms with E-state index in [1.54, 1.807) is 0 Å². The summed E-state index contributed by atoms with van der Waals surface area (Å²) in [5.74, 6) is -0.490. The van der Waals surface area contributed by atoms with Gasteiger partial charge in [-0.15, -0.1) is 0 Å². The Bertz CT molecular complexity index is 440. The van der Waals surface area contributed by atoms with Gasteiger partial charge in [-0.05, 0) is 19.3 Å². The van der Waals surface area contributed by atoms with Gasteiger partial charge in [-0.25, -0.2) is 8.78 Å². The fraction of sp³-hybridized carbons (Fsp3) is 0.667. The van der Waals surface area contributed by atoms with Crippen LogP contribution in [0.2, 0.25) is 0 Å². The lowest BCUT2D eigenvalue weighted by Crippen LogP contribution is -2.35. The van der Waals surface area contributed by atoms with Crippen LogP contribution in [0.3, 0.4) is 0 Å². The second-order valence-electron chi connectivity index (χ2n) is 4.62. The highest BCUT2D eigenvalue weighted by Crippen LogP contribution is 2.21. The Balaban J connectivity index is 2.06. The van der Waals surface area contributed by atoms with E-state index >= 15 is 0 Å². The van der Waals surface area contributed by atoms with Crippen LogP contribution in [0.4, 0.5) is 8.78 Å². The standard InChI is InChI=1S/C12H17F2N3O2/c1-17-7-9(10(16-17)11(13)14)12(18)15-8-3-2-5-19-6-4-8/h7-8,11H,2-6H2,1H3,(H,15,18). The van der Waals surface area contributed by atoms with Gasteiger partial charge in [-0.3, -0.25) is 9.48 Å². The van der Waals surface area contributed by atoms with Crippen molar-refractivity contribution in [3.05, 3.63) is 17.5 Å². The zero-order valence-electron chi connectivity index (χ0n) is 10.7. The molecule has 5 nitrogen and oxygen atoms in total. The van der Waals surface area contributed by atoms with Gasteiger partial charge >= 0.3 is 0 Å². The van der Waals surface area contributed by atoms with Gasteiger partial charge in [0.25, 0.3) is 12.3 Å². The van der Waals surface area contributed by atoms with Crippen molar-refractivity contribution in [1.82, 2.24) is 15.1 Å². The molecule has 1 fully saturated rings. The molecule has 19 heavy (non-hydrogen) atoms. The van der Waals surface area contributed by atoms with Crippen molar-refractivity contribution in [2.45, 2.75) is 31.7 Å². The SMILES string of the molecule is Cn1cc(C(=O)NC2CCCOCC2)c(C(F)F)n1. The number of ether oxygens (including phenoxy) is 1. The predicted octanol–water partition coefficient (Wildman–Crippen LogP) is 1.66. The molecule has 1 unspecified atom stereocenters. The summed E-state index contributed by atoms with van der Waals surface area (Å²) in [5, 5.41) is 6.40. The maximum atomic E-state index is 12.8. The number of halogens is 2. The Morgan fingerprint density at radius 1 is 1.53 bits per heavy atom. The van der Waals surface area contributed by atoms with Crippen molar-refractivity contribution in [2.24, 2.45) is 7.05 Å². The lowest BCUT2D eigenvalue weighted by atomic mass is 10.1. The molecule has 1 aliphatic heterocycles. The molecule has 1 aliphatic rings. The third-order valence-corrected chi connectivity index (χ3v) is 3.10. The first-order chi connectivity index (χ1) is 9.08. The number of hydrogen-bond donors (Lipinski definition) is 1. The van der Waals surface area contributed by atoms with Gasteiger partial charge in [-0.1, -0.05) is 0 Å². The van der Waals surface area contributed by atoms with Gasteiger partial charge in [0.1, 0.15) is 5.69 Å². The van der Waals surface area contributed by atoms with Crippen molar-refractivity contribution in [3.63, 3.8) is 0 Å². The number of rotatable bonds is 3. The lowest BCUT2D eigenvalue weighted by Gasteiger charge is -2.15. The van der Waals surface area contributed by atoms with Crippen LogP contribution < -0.4 is 5.32 Å². The molecule has 0 radical (unpaired) electrons. The highest BCUT2D eigenvalue weighted by atomic mass is 19.3. The van der Waals surface area contributed by atoms with Crippen molar-refractivity contribution in [1.29, 1.82) is 0 Å². The van der Waals surface area contributed by atoms with Crippen LogP contribution in [-0.4, -0.2) is 34.9 Å². The number of aryl methyl sites for hydroxylation is 1. The highest BCUT2D eigenvalue weighted by molar-refractivity contribution is 5.95. The first-order valence-electron chi connectivity index (χ1n) is 6.28. The first kappa shape index (κ1) is 13.9. The van der Waals surface area contributed by atoms with Crippen LogP contribution in [0.1, 0.15) is 41.7 Å². The summed E-state index contributed by atoms with van der Waals surface area (Å²) in [6.45, 7) is 1.27. The van der Waals surface area contributed by atoms with E-state index in [1.165, 1.54) is 17.9 Å². The van der Waals surface area contributed by atoms with Gasteiger partial charge in [-0.2, -0.15) is 5.10 Å². The number of carbonyl (C=O) groups is 1. The van der Waals surface area contributed by atoms with Crippen molar-refractivity contribution in [2.75, 3.05) is 13.2 Å². The molecule has 1 N–H and O–H groups in total. The number of aromatic nitrogens is 2. The lowest BCUT2D eigenvalue weighted by molar-refractivity contribution is 0.0915. The Labute approximate surface area is 109 Å². The molecular formula is C12H17F2N3O2. The van der Waals surface area contributed by atoms with Crippen molar-refractivity contribution >= 4 is 5.91 Å². The normalized spacial score (nSPS) is 20.3. The molecule has 1 saturated heterocycles. The minimum atomic E-state index is -2.75. The molecule has 0 bridgehead atoms. The summed E-state index contributed by atoms with van der Waals surface area (Å²) >= 11 is 0. The van der Waals surface area contributed by atoms with E-state index in [0.29, 0.717) is 19.6 Å². The summed E-state index contributed by atoms with van der Waals surface area (Å²) < 4.78 is 32.1. The van der Waals surface area contributed by atoms with E-state index in [9.17, 15) is 13.6 Å². The third kappa shape index (κ3) is 3.50. The summed E-state index contributed by atoms with van der Waals surface area (Å²) in [7, 11) is 1.52.